The molecule has 2 aliphatic heterocycles. The van der Waals surface area contributed by atoms with Gasteiger partial charge in [0.25, 0.3) is 5.91 Å². The van der Waals surface area contributed by atoms with Gasteiger partial charge in [0.1, 0.15) is 17.1 Å². The van der Waals surface area contributed by atoms with Gasteiger partial charge < -0.3 is 19.7 Å². The number of hydrogen-bond acceptors (Lipinski definition) is 5. The minimum atomic E-state index is -0.711. The van der Waals surface area contributed by atoms with E-state index in [1.54, 1.807) is 54.5 Å². The van der Waals surface area contributed by atoms with E-state index in [9.17, 15) is 14.4 Å². The topological polar surface area (TPSA) is 84.9 Å². The number of benzene rings is 2. The zero-order chi connectivity index (χ0) is 20.4. The summed E-state index contributed by atoms with van der Waals surface area (Å²) in [5.74, 6) is 0.627. The van der Waals surface area contributed by atoms with E-state index in [1.807, 2.05) is 6.07 Å². The summed E-state index contributed by atoms with van der Waals surface area (Å²) in [5, 5.41) is 2.65. The highest BCUT2D eigenvalue weighted by Gasteiger charge is 2.47. The molecule has 1 saturated heterocycles. The van der Waals surface area contributed by atoms with E-state index >= 15 is 0 Å². The first-order valence-corrected chi connectivity index (χ1v) is 9.51. The van der Waals surface area contributed by atoms with E-state index in [2.05, 4.69) is 5.32 Å². The number of nitrogens with one attached hydrogen (secondary N) is 1. The van der Waals surface area contributed by atoms with Crippen molar-refractivity contribution >= 4 is 17.6 Å². The molecule has 2 aliphatic rings. The van der Waals surface area contributed by atoms with Crippen LogP contribution in [0.3, 0.4) is 0 Å². The number of methoxy groups -OCH3 is 1. The lowest BCUT2D eigenvalue weighted by Crippen LogP contribution is -2.46. The molecule has 150 valence electrons. The fourth-order valence-corrected chi connectivity index (χ4v) is 3.84. The van der Waals surface area contributed by atoms with Crippen LogP contribution in [0.15, 0.2) is 48.5 Å². The van der Waals surface area contributed by atoms with E-state index in [0.29, 0.717) is 42.1 Å². The number of rotatable bonds is 4. The summed E-state index contributed by atoms with van der Waals surface area (Å²) < 4.78 is 11.3. The van der Waals surface area contributed by atoms with Gasteiger partial charge in [0.05, 0.1) is 32.2 Å². The highest BCUT2D eigenvalue weighted by molar-refractivity contribution is 6.01. The van der Waals surface area contributed by atoms with Crippen LogP contribution in [-0.4, -0.2) is 54.8 Å². The fourth-order valence-electron chi connectivity index (χ4n) is 3.84. The second-order valence-corrected chi connectivity index (χ2v) is 7.36. The Kier molecular flexibility index (Phi) is 4.96. The van der Waals surface area contributed by atoms with Crippen molar-refractivity contribution in [1.82, 2.24) is 10.2 Å². The highest BCUT2D eigenvalue weighted by Crippen LogP contribution is 2.39. The summed E-state index contributed by atoms with van der Waals surface area (Å²) >= 11 is 0. The molecule has 1 unspecified atom stereocenters. The van der Waals surface area contributed by atoms with Crippen molar-refractivity contribution in [2.45, 2.75) is 18.4 Å². The number of carbonyl (C=O) groups excluding carboxylic acids is 3. The van der Waals surface area contributed by atoms with E-state index in [-0.39, 0.29) is 30.6 Å². The Morgan fingerprint density at radius 3 is 2.76 bits per heavy atom. The number of ether oxygens (including phenoxy) is 2. The van der Waals surface area contributed by atoms with Crippen LogP contribution in [0.5, 0.6) is 11.5 Å². The molecule has 2 amide bonds. The van der Waals surface area contributed by atoms with Crippen molar-refractivity contribution in [2.24, 2.45) is 0 Å². The van der Waals surface area contributed by atoms with Crippen LogP contribution in [0, 0.1) is 0 Å². The molecule has 0 aliphatic carbocycles. The van der Waals surface area contributed by atoms with Gasteiger partial charge in [-0.25, -0.2) is 0 Å². The maximum Gasteiger partial charge on any atom is 0.251 e. The predicted octanol–water partition coefficient (Wildman–Crippen LogP) is 2.06. The first-order valence-electron chi connectivity index (χ1n) is 9.51. The zero-order valence-corrected chi connectivity index (χ0v) is 16.1. The summed E-state index contributed by atoms with van der Waals surface area (Å²) in [6.45, 7) is 0.717. The highest BCUT2D eigenvalue weighted by atomic mass is 16.5. The molecule has 7 heteroatoms. The molecular formula is C22H22N2O5. The van der Waals surface area contributed by atoms with Crippen molar-refractivity contribution in [3.8, 4) is 11.5 Å². The number of ketones is 1. The summed E-state index contributed by atoms with van der Waals surface area (Å²) in [6, 6.07) is 13.9. The van der Waals surface area contributed by atoms with Crippen molar-refractivity contribution in [1.29, 1.82) is 0 Å². The van der Waals surface area contributed by atoms with Gasteiger partial charge in [0, 0.05) is 18.5 Å². The number of carbonyl (C=O) groups is 3. The van der Waals surface area contributed by atoms with Gasteiger partial charge in [0.15, 0.2) is 5.78 Å². The van der Waals surface area contributed by atoms with Gasteiger partial charge in [-0.2, -0.15) is 0 Å². The standard InChI is InChI=1S/C22H22N2O5/c1-28-16-7-8-19-17(11-16)18(25)12-22(29-19)9-10-24(14-22)20(26)13-23-21(27)15-5-3-2-4-6-15/h2-8,11H,9-10,12-14H2,1H3,(H,23,27). The van der Waals surface area contributed by atoms with Crippen molar-refractivity contribution in [2.75, 3.05) is 26.7 Å². The minimum Gasteiger partial charge on any atom is -0.497 e. The number of hydrogen-bond donors (Lipinski definition) is 1. The molecule has 1 atom stereocenters. The number of amides is 2. The van der Waals surface area contributed by atoms with Gasteiger partial charge in [-0.15, -0.1) is 0 Å². The third-order valence-corrected chi connectivity index (χ3v) is 5.40. The smallest absolute Gasteiger partial charge is 0.251 e. The summed E-state index contributed by atoms with van der Waals surface area (Å²) in [7, 11) is 1.55. The van der Waals surface area contributed by atoms with Gasteiger partial charge in [-0.05, 0) is 30.3 Å². The van der Waals surface area contributed by atoms with Gasteiger partial charge in [-0.1, -0.05) is 18.2 Å². The molecule has 1 spiro atoms. The van der Waals surface area contributed by atoms with E-state index in [0.717, 1.165) is 0 Å². The first-order chi connectivity index (χ1) is 14.0. The molecule has 2 aromatic carbocycles. The average Bonchev–Trinajstić information content (AvgIpc) is 3.15. The molecule has 0 aromatic heterocycles. The summed E-state index contributed by atoms with van der Waals surface area (Å²) in [4.78, 5) is 39.0. The predicted molar refractivity (Wildman–Crippen MR) is 105 cm³/mol. The molecule has 1 N–H and O–H groups in total. The number of Topliss-reactive ketones (excluding diaryl/α,β-unsaturated/α-hetero) is 1. The maximum absolute atomic E-state index is 12.7. The normalized spacial score (nSPS) is 20.2. The van der Waals surface area contributed by atoms with Crippen LogP contribution in [0.1, 0.15) is 33.6 Å². The van der Waals surface area contributed by atoms with Crippen molar-refractivity contribution in [3.63, 3.8) is 0 Å². The Balaban J connectivity index is 1.39. The fraction of sp³-hybridized carbons (Fsp3) is 0.318. The first kappa shape index (κ1) is 19.0. The molecule has 4 rings (SSSR count). The molecule has 0 bridgehead atoms. The number of fused-ring (bicyclic) bond motifs is 1. The van der Waals surface area contributed by atoms with Crippen molar-refractivity contribution in [3.05, 3.63) is 59.7 Å². The van der Waals surface area contributed by atoms with Gasteiger partial charge in [-0.3, -0.25) is 14.4 Å². The van der Waals surface area contributed by atoms with E-state index < -0.39 is 5.60 Å². The van der Waals surface area contributed by atoms with E-state index in [4.69, 9.17) is 9.47 Å². The van der Waals surface area contributed by atoms with Crippen LogP contribution in [0.4, 0.5) is 0 Å². The quantitative estimate of drug-likeness (QED) is 0.858. The van der Waals surface area contributed by atoms with Crippen LogP contribution in [0.2, 0.25) is 0 Å². The van der Waals surface area contributed by atoms with Crippen LogP contribution < -0.4 is 14.8 Å². The molecule has 29 heavy (non-hydrogen) atoms. The summed E-state index contributed by atoms with van der Waals surface area (Å²) in [6.07, 6.45) is 0.788. The second-order valence-electron chi connectivity index (χ2n) is 7.36. The van der Waals surface area contributed by atoms with Gasteiger partial charge >= 0.3 is 0 Å². The third-order valence-electron chi connectivity index (χ3n) is 5.40. The van der Waals surface area contributed by atoms with E-state index in [1.165, 1.54) is 0 Å². The molecule has 2 aromatic rings. The SMILES string of the molecule is COc1ccc2c(c1)C(=O)CC1(CCN(C(=O)CNC(=O)c3ccccc3)C1)O2. The summed E-state index contributed by atoms with van der Waals surface area (Å²) in [5.41, 5.74) is 0.305. The lowest BCUT2D eigenvalue weighted by molar-refractivity contribution is -0.129. The minimum absolute atomic E-state index is 0.0168. The second kappa shape index (κ2) is 7.58. The van der Waals surface area contributed by atoms with Crippen LogP contribution in [0.25, 0.3) is 0 Å². The Morgan fingerprint density at radius 1 is 1.21 bits per heavy atom. The molecule has 2 heterocycles. The number of nitrogens with zero attached hydrogens (tertiary/aromatic N) is 1. The zero-order valence-electron chi connectivity index (χ0n) is 16.1. The Hall–Kier alpha value is -3.35. The Morgan fingerprint density at radius 2 is 2.00 bits per heavy atom. The lowest BCUT2D eigenvalue weighted by Gasteiger charge is -2.34. The Bertz CT molecular complexity index is 959. The largest absolute Gasteiger partial charge is 0.497 e. The van der Waals surface area contributed by atoms with Crippen molar-refractivity contribution < 1.29 is 23.9 Å². The molecular weight excluding hydrogens is 372 g/mol. The Labute approximate surface area is 168 Å². The number of likely N-dealkylation sites (tertiary alicyclic amines) is 1. The molecule has 7 nitrogen and oxygen atoms in total. The average molecular weight is 394 g/mol. The lowest BCUT2D eigenvalue weighted by atomic mass is 9.89. The monoisotopic (exact) mass is 394 g/mol. The van der Waals surface area contributed by atoms with Gasteiger partial charge in [0.2, 0.25) is 5.91 Å². The van der Waals surface area contributed by atoms with Crippen LogP contribution >= 0.6 is 0 Å². The molecule has 0 saturated carbocycles. The molecule has 1 fully saturated rings. The third kappa shape index (κ3) is 3.81. The molecule has 0 radical (unpaired) electrons. The maximum atomic E-state index is 12.7. The van der Waals surface area contributed by atoms with Crippen LogP contribution in [-0.2, 0) is 4.79 Å².